The van der Waals surface area contributed by atoms with Crippen molar-refractivity contribution < 1.29 is 4.74 Å². The van der Waals surface area contributed by atoms with Crippen LogP contribution in [0.1, 0.15) is 55.1 Å². The molecule has 1 saturated carbocycles. The molecule has 7 heteroatoms. The van der Waals surface area contributed by atoms with Crippen LogP contribution in [0.25, 0.3) is 0 Å². The third kappa shape index (κ3) is 2.48. The summed E-state index contributed by atoms with van der Waals surface area (Å²) in [5, 5.41) is 0. The van der Waals surface area contributed by atoms with Crippen LogP contribution in [0.2, 0.25) is 0 Å². The zero-order valence-corrected chi connectivity index (χ0v) is 15.0. The van der Waals surface area contributed by atoms with Crippen molar-refractivity contribution >= 4 is 5.95 Å². The average molecular weight is 353 g/mol. The van der Waals surface area contributed by atoms with Crippen LogP contribution in [-0.4, -0.2) is 40.1 Å². The van der Waals surface area contributed by atoms with Crippen molar-refractivity contribution in [2.75, 3.05) is 25.1 Å². The molecule has 1 saturated heterocycles. The van der Waals surface area contributed by atoms with Gasteiger partial charge >= 0.3 is 0 Å². The third-order valence-corrected chi connectivity index (χ3v) is 6.21. The van der Waals surface area contributed by atoms with Crippen LogP contribution in [-0.2, 0) is 11.8 Å². The molecule has 0 amide bonds. The Bertz CT molecular complexity index is 880. The fourth-order valence-corrected chi connectivity index (χ4v) is 4.42. The Morgan fingerprint density at radius 2 is 1.92 bits per heavy atom. The fourth-order valence-electron chi connectivity index (χ4n) is 4.42. The number of ether oxygens (including phenoxy) is 1. The minimum absolute atomic E-state index is 0.0518. The molecule has 2 aromatic rings. The number of nitrogens with one attached hydrogen (secondary N) is 1. The van der Waals surface area contributed by atoms with Crippen molar-refractivity contribution in [3.8, 4) is 5.75 Å². The SMILES string of the molecule is COc1cnc(N2CCC3(CCc4c3nc(C3CC3)[nH]c4=O)CC2)nc1. The van der Waals surface area contributed by atoms with E-state index in [1.807, 2.05) is 0 Å². The normalized spacial score (nSPS) is 21.0. The molecule has 0 radical (unpaired) electrons. The molecule has 1 aliphatic heterocycles. The van der Waals surface area contributed by atoms with Crippen LogP contribution in [0.3, 0.4) is 0 Å². The number of methoxy groups -OCH3 is 1. The van der Waals surface area contributed by atoms with Gasteiger partial charge in [0.1, 0.15) is 5.82 Å². The minimum atomic E-state index is 0.0518. The van der Waals surface area contributed by atoms with Crippen LogP contribution >= 0.6 is 0 Å². The van der Waals surface area contributed by atoms with E-state index in [0.717, 1.165) is 74.6 Å². The Morgan fingerprint density at radius 3 is 2.58 bits per heavy atom. The zero-order valence-electron chi connectivity index (χ0n) is 15.0. The van der Waals surface area contributed by atoms with Crippen molar-refractivity contribution in [3.05, 3.63) is 39.8 Å². The molecule has 0 unspecified atom stereocenters. The minimum Gasteiger partial charge on any atom is -0.494 e. The van der Waals surface area contributed by atoms with Gasteiger partial charge in [-0.05, 0) is 38.5 Å². The highest BCUT2D eigenvalue weighted by Gasteiger charge is 2.45. The molecule has 2 aliphatic carbocycles. The Hall–Kier alpha value is -2.44. The summed E-state index contributed by atoms with van der Waals surface area (Å²) in [4.78, 5) is 31.5. The highest BCUT2D eigenvalue weighted by molar-refractivity contribution is 5.38. The van der Waals surface area contributed by atoms with Crippen molar-refractivity contribution in [3.63, 3.8) is 0 Å². The van der Waals surface area contributed by atoms with E-state index in [4.69, 9.17) is 9.72 Å². The maximum absolute atomic E-state index is 12.5. The predicted molar refractivity (Wildman–Crippen MR) is 96.9 cm³/mol. The molecule has 2 aromatic heterocycles. The highest BCUT2D eigenvalue weighted by Crippen LogP contribution is 2.46. The van der Waals surface area contributed by atoms with E-state index in [-0.39, 0.29) is 11.0 Å². The molecule has 0 atom stereocenters. The van der Waals surface area contributed by atoms with Gasteiger partial charge in [-0.25, -0.2) is 15.0 Å². The first-order valence-electron chi connectivity index (χ1n) is 9.43. The topological polar surface area (TPSA) is 84.0 Å². The monoisotopic (exact) mass is 353 g/mol. The quantitative estimate of drug-likeness (QED) is 0.908. The molecule has 26 heavy (non-hydrogen) atoms. The summed E-state index contributed by atoms with van der Waals surface area (Å²) in [6.45, 7) is 1.78. The standard InChI is InChI=1S/C19H23N5O2/c1-26-13-10-20-18(21-11-13)24-8-6-19(7-9-24)5-4-14-15(19)22-16(12-2-3-12)23-17(14)25/h10-12H,2-9H2,1H3,(H,22,23,25). The number of aromatic nitrogens is 4. The number of anilines is 1. The van der Waals surface area contributed by atoms with Gasteiger partial charge in [0.2, 0.25) is 5.95 Å². The van der Waals surface area contributed by atoms with Crippen LogP contribution in [0.5, 0.6) is 5.75 Å². The van der Waals surface area contributed by atoms with Crippen molar-refractivity contribution in [1.82, 2.24) is 19.9 Å². The van der Waals surface area contributed by atoms with Crippen molar-refractivity contribution in [2.24, 2.45) is 0 Å². The first-order chi connectivity index (χ1) is 12.7. The number of piperidine rings is 1. The van der Waals surface area contributed by atoms with Crippen molar-refractivity contribution in [2.45, 2.75) is 49.9 Å². The van der Waals surface area contributed by atoms with Gasteiger partial charge in [-0.1, -0.05) is 0 Å². The number of rotatable bonds is 3. The second-order valence-electron chi connectivity index (χ2n) is 7.74. The van der Waals surface area contributed by atoms with Crippen LogP contribution < -0.4 is 15.2 Å². The molecule has 1 N–H and O–H groups in total. The van der Waals surface area contributed by atoms with Crippen LogP contribution in [0.4, 0.5) is 5.95 Å². The molecule has 136 valence electrons. The second-order valence-corrected chi connectivity index (χ2v) is 7.74. The summed E-state index contributed by atoms with van der Waals surface area (Å²) < 4.78 is 5.13. The Kier molecular flexibility index (Phi) is 3.52. The lowest BCUT2D eigenvalue weighted by Gasteiger charge is -2.39. The van der Waals surface area contributed by atoms with Gasteiger partial charge in [-0.15, -0.1) is 0 Å². The van der Waals surface area contributed by atoms with Gasteiger partial charge in [0.25, 0.3) is 5.56 Å². The first kappa shape index (κ1) is 15.8. The largest absolute Gasteiger partial charge is 0.494 e. The lowest BCUT2D eigenvalue weighted by molar-refractivity contribution is 0.320. The maximum atomic E-state index is 12.5. The van der Waals surface area contributed by atoms with Gasteiger partial charge < -0.3 is 14.6 Å². The summed E-state index contributed by atoms with van der Waals surface area (Å²) >= 11 is 0. The lowest BCUT2D eigenvalue weighted by atomic mass is 9.76. The number of hydrogen-bond acceptors (Lipinski definition) is 6. The van der Waals surface area contributed by atoms with E-state index in [1.165, 1.54) is 0 Å². The number of nitrogens with zero attached hydrogens (tertiary/aromatic N) is 4. The maximum Gasteiger partial charge on any atom is 0.254 e. The molecule has 0 aromatic carbocycles. The summed E-state index contributed by atoms with van der Waals surface area (Å²) in [7, 11) is 1.62. The molecule has 3 aliphatic rings. The van der Waals surface area contributed by atoms with Gasteiger partial charge in [0.15, 0.2) is 5.75 Å². The Labute approximate surface area is 151 Å². The smallest absolute Gasteiger partial charge is 0.254 e. The number of hydrogen-bond donors (Lipinski definition) is 1. The lowest BCUT2D eigenvalue weighted by Crippen LogP contribution is -2.43. The number of H-pyrrole nitrogens is 1. The molecule has 3 heterocycles. The summed E-state index contributed by atoms with van der Waals surface area (Å²) in [6, 6.07) is 0. The van der Waals surface area contributed by atoms with Crippen molar-refractivity contribution in [1.29, 1.82) is 0 Å². The van der Waals surface area contributed by atoms with E-state index >= 15 is 0 Å². The van der Waals surface area contributed by atoms with Gasteiger partial charge in [0, 0.05) is 30.0 Å². The van der Waals surface area contributed by atoms with E-state index in [0.29, 0.717) is 11.7 Å². The van der Waals surface area contributed by atoms with Crippen LogP contribution in [0.15, 0.2) is 17.2 Å². The summed E-state index contributed by atoms with van der Waals surface area (Å²) in [5.41, 5.74) is 2.15. The van der Waals surface area contributed by atoms with E-state index in [9.17, 15) is 4.79 Å². The van der Waals surface area contributed by atoms with Crippen LogP contribution in [0, 0.1) is 0 Å². The van der Waals surface area contributed by atoms with E-state index < -0.39 is 0 Å². The molecular weight excluding hydrogens is 330 g/mol. The average Bonchev–Trinajstić information content (AvgIpc) is 3.47. The van der Waals surface area contributed by atoms with E-state index in [2.05, 4.69) is 19.9 Å². The summed E-state index contributed by atoms with van der Waals surface area (Å²) in [6.07, 6.45) is 9.59. The predicted octanol–water partition coefficient (Wildman–Crippen LogP) is 1.93. The third-order valence-electron chi connectivity index (χ3n) is 6.21. The molecule has 7 nitrogen and oxygen atoms in total. The first-order valence-corrected chi connectivity index (χ1v) is 9.43. The molecule has 1 spiro atoms. The summed E-state index contributed by atoms with van der Waals surface area (Å²) in [5.74, 6) is 2.80. The Morgan fingerprint density at radius 1 is 1.19 bits per heavy atom. The zero-order chi connectivity index (χ0) is 17.7. The van der Waals surface area contributed by atoms with Gasteiger partial charge in [0.05, 0.1) is 25.2 Å². The number of fused-ring (bicyclic) bond motifs is 2. The molecule has 5 rings (SSSR count). The fraction of sp³-hybridized carbons (Fsp3) is 0.579. The van der Waals surface area contributed by atoms with Gasteiger partial charge in [-0.3, -0.25) is 4.79 Å². The Balaban J connectivity index is 1.39. The molecular formula is C19H23N5O2. The number of aromatic amines is 1. The second kappa shape index (κ2) is 5.79. The molecule has 0 bridgehead atoms. The molecule has 2 fully saturated rings. The van der Waals surface area contributed by atoms with E-state index in [1.54, 1.807) is 19.5 Å². The van der Waals surface area contributed by atoms with Gasteiger partial charge in [-0.2, -0.15) is 0 Å². The highest BCUT2D eigenvalue weighted by atomic mass is 16.5.